The molecule has 0 aliphatic carbocycles. The van der Waals surface area contributed by atoms with Crippen molar-refractivity contribution in [2.75, 3.05) is 13.2 Å². The van der Waals surface area contributed by atoms with Crippen molar-refractivity contribution in [1.82, 2.24) is 0 Å². The average Bonchev–Trinajstić information content (AvgIpc) is 2.41. The van der Waals surface area contributed by atoms with Gasteiger partial charge in [-0.25, -0.2) is 0 Å². The Morgan fingerprint density at radius 1 is 1.25 bits per heavy atom. The Hall–Kier alpha value is -0.740. The summed E-state index contributed by atoms with van der Waals surface area (Å²) in [6.45, 7) is 5.32. The van der Waals surface area contributed by atoms with Crippen molar-refractivity contribution in [3.05, 3.63) is 22.2 Å². The van der Waals surface area contributed by atoms with Gasteiger partial charge in [-0.1, -0.05) is 0 Å². The van der Waals surface area contributed by atoms with E-state index in [1.807, 2.05) is 26.0 Å². The van der Waals surface area contributed by atoms with E-state index >= 15 is 0 Å². The van der Waals surface area contributed by atoms with Crippen LogP contribution in [0.1, 0.15) is 25.8 Å². The van der Waals surface area contributed by atoms with Crippen LogP contribution < -0.4 is 15.2 Å². The molecule has 0 fully saturated rings. The summed E-state index contributed by atoms with van der Waals surface area (Å²) in [4.78, 5) is 0. The summed E-state index contributed by atoms with van der Waals surface area (Å²) in [5, 5.41) is 0. The van der Waals surface area contributed by atoms with E-state index < -0.39 is 0 Å². The van der Waals surface area contributed by atoms with Crippen molar-refractivity contribution in [2.45, 2.75) is 25.8 Å². The molecular formula is C12H16BrNO2. The molecule has 88 valence electrons. The lowest BCUT2D eigenvalue weighted by Gasteiger charge is -2.21. The molecule has 0 atom stereocenters. The van der Waals surface area contributed by atoms with E-state index in [0.717, 1.165) is 28.0 Å². The highest BCUT2D eigenvalue weighted by Crippen LogP contribution is 2.40. The quantitative estimate of drug-likeness (QED) is 0.863. The standard InChI is InChI=1S/C12H16BrNO2/c1-12(2,14)8-6-9(13)11-10(7-8)15-4-3-5-16-11/h6-7H,3-5,14H2,1-2H3. The van der Waals surface area contributed by atoms with Gasteiger partial charge in [-0.15, -0.1) is 0 Å². The van der Waals surface area contributed by atoms with Gasteiger partial charge in [-0.3, -0.25) is 0 Å². The lowest BCUT2D eigenvalue weighted by atomic mass is 9.95. The number of hydrogen-bond acceptors (Lipinski definition) is 3. The third kappa shape index (κ3) is 2.33. The van der Waals surface area contributed by atoms with Crippen LogP contribution in [0.2, 0.25) is 0 Å². The summed E-state index contributed by atoms with van der Waals surface area (Å²) >= 11 is 3.50. The molecule has 0 bridgehead atoms. The van der Waals surface area contributed by atoms with Crippen LogP contribution in [-0.4, -0.2) is 13.2 Å². The molecule has 1 aromatic rings. The highest BCUT2D eigenvalue weighted by Gasteiger charge is 2.21. The maximum absolute atomic E-state index is 6.08. The number of nitrogens with two attached hydrogens (primary N) is 1. The molecule has 0 spiro atoms. The van der Waals surface area contributed by atoms with E-state index in [4.69, 9.17) is 15.2 Å². The molecular weight excluding hydrogens is 270 g/mol. The first-order valence-electron chi connectivity index (χ1n) is 5.37. The van der Waals surface area contributed by atoms with Crippen molar-refractivity contribution in [2.24, 2.45) is 5.73 Å². The lowest BCUT2D eigenvalue weighted by molar-refractivity contribution is 0.296. The first kappa shape index (κ1) is 11.7. The summed E-state index contributed by atoms with van der Waals surface area (Å²) in [6.07, 6.45) is 0.905. The molecule has 3 nitrogen and oxygen atoms in total. The molecule has 0 unspecified atom stereocenters. The second-order valence-corrected chi connectivity index (χ2v) is 5.41. The minimum atomic E-state index is -0.382. The molecule has 4 heteroatoms. The van der Waals surface area contributed by atoms with E-state index in [9.17, 15) is 0 Å². The Morgan fingerprint density at radius 3 is 2.62 bits per heavy atom. The van der Waals surface area contributed by atoms with Crippen LogP contribution in [0.4, 0.5) is 0 Å². The minimum absolute atomic E-state index is 0.382. The number of ether oxygens (including phenoxy) is 2. The highest BCUT2D eigenvalue weighted by atomic mass is 79.9. The van der Waals surface area contributed by atoms with Crippen molar-refractivity contribution in [1.29, 1.82) is 0 Å². The van der Waals surface area contributed by atoms with E-state index in [0.29, 0.717) is 13.2 Å². The Labute approximate surface area is 104 Å². The third-order valence-electron chi connectivity index (χ3n) is 2.55. The van der Waals surface area contributed by atoms with Crippen molar-refractivity contribution in [3.8, 4) is 11.5 Å². The van der Waals surface area contributed by atoms with Gasteiger partial charge in [-0.2, -0.15) is 0 Å². The van der Waals surface area contributed by atoms with E-state index in [1.54, 1.807) is 0 Å². The van der Waals surface area contributed by atoms with E-state index in [2.05, 4.69) is 15.9 Å². The summed E-state index contributed by atoms with van der Waals surface area (Å²) in [7, 11) is 0. The number of hydrogen-bond donors (Lipinski definition) is 1. The van der Waals surface area contributed by atoms with Crippen LogP contribution in [0, 0.1) is 0 Å². The van der Waals surface area contributed by atoms with Crippen LogP contribution in [-0.2, 0) is 5.54 Å². The average molecular weight is 286 g/mol. The van der Waals surface area contributed by atoms with Gasteiger partial charge in [0.25, 0.3) is 0 Å². The van der Waals surface area contributed by atoms with Crippen molar-refractivity contribution < 1.29 is 9.47 Å². The molecule has 1 heterocycles. The van der Waals surface area contributed by atoms with Gasteiger partial charge in [0.05, 0.1) is 17.7 Å². The molecule has 0 amide bonds. The maximum atomic E-state index is 6.08. The Balaban J connectivity index is 2.48. The summed E-state index contributed by atoms with van der Waals surface area (Å²) in [5.74, 6) is 1.56. The zero-order valence-corrected chi connectivity index (χ0v) is 11.1. The normalized spacial score (nSPS) is 15.8. The fourth-order valence-corrected chi connectivity index (χ4v) is 2.16. The molecule has 2 N–H and O–H groups in total. The van der Waals surface area contributed by atoms with Gasteiger partial charge in [0, 0.05) is 12.0 Å². The van der Waals surface area contributed by atoms with Crippen LogP contribution in [0.5, 0.6) is 11.5 Å². The van der Waals surface area contributed by atoms with Gasteiger partial charge in [0.2, 0.25) is 0 Å². The third-order valence-corrected chi connectivity index (χ3v) is 3.14. The molecule has 0 saturated heterocycles. The van der Waals surface area contributed by atoms with Gasteiger partial charge in [-0.05, 0) is 47.5 Å². The Morgan fingerprint density at radius 2 is 1.94 bits per heavy atom. The van der Waals surface area contributed by atoms with Crippen LogP contribution in [0.15, 0.2) is 16.6 Å². The monoisotopic (exact) mass is 285 g/mol. The van der Waals surface area contributed by atoms with Gasteiger partial charge < -0.3 is 15.2 Å². The van der Waals surface area contributed by atoms with Crippen molar-refractivity contribution >= 4 is 15.9 Å². The summed E-state index contributed by atoms with van der Waals surface area (Å²) in [5.41, 5.74) is 6.73. The zero-order chi connectivity index (χ0) is 11.8. The molecule has 0 aromatic heterocycles. The van der Waals surface area contributed by atoms with Gasteiger partial charge >= 0.3 is 0 Å². The second-order valence-electron chi connectivity index (χ2n) is 4.56. The summed E-state index contributed by atoms with van der Waals surface area (Å²) in [6, 6.07) is 3.96. The van der Waals surface area contributed by atoms with Crippen molar-refractivity contribution in [3.63, 3.8) is 0 Å². The van der Waals surface area contributed by atoms with Crippen LogP contribution >= 0.6 is 15.9 Å². The molecule has 0 saturated carbocycles. The van der Waals surface area contributed by atoms with E-state index in [1.165, 1.54) is 0 Å². The largest absolute Gasteiger partial charge is 0.490 e. The molecule has 0 radical (unpaired) electrons. The van der Waals surface area contributed by atoms with Crippen LogP contribution in [0.3, 0.4) is 0 Å². The SMILES string of the molecule is CC(C)(N)c1cc(Br)c2c(c1)OCCCO2. The molecule has 1 aliphatic rings. The minimum Gasteiger partial charge on any atom is -0.490 e. The van der Waals surface area contributed by atoms with E-state index in [-0.39, 0.29) is 5.54 Å². The smallest absolute Gasteiger partial charge is 0.175 e. The molecule has 16 heavy (non-hydrogen) atoms. The van der Waals surface area contributed by atoms with Gasteiger partial charge in [0.1, 0.15) is 0 Å². The first-order chi connectivity index (χ1) is 7.48. The number of benzene rings is 1. The van der Waals surface area contributed by atoms with Crippen LogP contribution in [0.25, 0.3) is 0 Å². The molecule has 2 rings (SSSR count). The topological polar surface area (TPSA) is 44.5 Å². The first-order valence-corrected chi connectivity index (χ1v) is 6.16. The maximum Gasteiger partial charge on any atom is 0.175 e. The fraction of sp³-hybridized carbons (Fsp3) is 0.500. The molecule has 1 aromatic carbocycles. The van der Waals surface area contributed by atoms with Gasteiger partial charge in [0.15, 0.2) is 11.5 Å². The lowest BCUT2D eigenvalue weighted by Crippen LogP contribution is -2.28. The predicted octanol–water partition coefficient (Wildman–Crippen LogP) is 2.80. The summed E-state index contributed by atoms with van der Waals surface area (Å²) < 4.78 is 12.2. The number of rotatable bonds is 1. The number of fused-ring (bicyclic) bond motifs is 1. The number of halogens is 1. The fourth-order valence-electron chi connectivity index (χ4n) is 1.60. The predicted molar refractivity (Wildman–Crippen MR) is 67.0 cm³/mol. The highest BCUT2D eigenvalue weighted by molar-refractivity contribution is 9.10. The Kier molecular flexibility index (Phi) is 3.13. The second kappa shape index (κ2) is 4.26. The zero-order valence-electron chi connectivity index (χ0n) is 9.55. The Bertz CT molecular complexity index is 399. The molecule has 1 aliphatic heterocycles.